The molecular formula is C12H16ClFN2O. The first-order chi connectivity index (χ1) is 7.80. The van der Waals surface area contributed by atoms with Gasteiger partial charge in [-0.3, -0.25) is 10.2 Å². The Morgan fingerprint density at radius 1 is 1.41 bits per heavy atom. The molecule has 0 bridgehead atoms. The summed E-state index contributed by atoms with van der Waals surface area (Å²) in [4.78, 5) is 11.9. The van der Waals surface area contributed by atoms with Crippen molar-refractivity contribution in [3.63, 3.8) is 0 Å². The number of rotatable bonds is 3. The van der Waals surface area contributed by atoms with Crippen LogP contribution in [0.15, 0.2) is 12.1 Å². The molecule has 1 amide bonds. The van der Waals surface area contributed by atoms with E-state index in [2.05, 4.69) is 10.9 Å². The van der Waals surface area contributed by atoms with Gasteiger partial charge in [0.2, 0.25) is 5.91 Å². The van der Waals surface area contributed by atoms with Gasteiger partial charge in [-0.25, -0.2) is 9.82 Å². The average Bonchev–Trinajstić information content (AvgIpc) is 2.23. The lowest BCUT2D eigenvalue weighted by Gasteiger charge is -2.25. The third-order valence-electron chi connectivity index (χ3n) is 2.73. The van der Waals surface area contributed by atoms with Crippen molar-refractivity contribution >= 4 is 17.5 Å². The van der Waals surface area contributed by atoms with Gasteiger partial charge in [0.05, 0.1) is 5.41 Å². The largest absolute Gasteiger partial charge is 0.291 e. The fourth-order valence-corrected chi connectivity index (χ4v) is 1.97. The second-order valence-corrected chi connectivity index (χ2v) is 4.82. The van der Waals surface area contributed by atoms with Crippen LogP contribution in [0.3, 0.4) is 0 Å². The van der Waals surface area contributed by atoms with Gasteiger partial charge in [-0.1, -0.05) is 11.6 Å². The van der Waals surface area contributed by atoms with Crippen LogP contribution < -0.4 is 10.9 Å². The molecule has 0 aliphatic heterocycles. The highest BCUT2D eigenvalue weighted by atomic mass is 35.5. The predicted octanol–water partition coefficient (Wildman–Crippen LogP) is 2.32. The molecular weight excluding hydrogens is 243 g/mol. The molecule has 0 atom stereocenters. The van der Waals surface area contributed by atoms with Gasteiger partial charge in [0, 0.05) is 12.1 Å². The first-order valence-corrected chi connectivity index (χ1v) is 5.61. The van der Waals surface area contributed by atoms with Crippen molar-refractivity contribution in [2.75, 3.05) is 7.05 Å². The summed E-state index contributed by atoms with van der Waals surface area (Å²) < 4.78 is 13.5. The molecule has 94 valence electrons. The van der Waals surface area contributed by atoms with Gasteiger partial charge in [-0.15, -0.1) is 0 Å². The Bertz CT molecular complexity index is 446. The van der Waals surface area contributed by atoms with Crippen molar-refractivity contribution in [1.29, 1.82) is 0 Å². The molecule has 3 nitrogen and oxygen atoms in total. The van der Waals surface area contributed by atoms with Crippen LogP contribution in [0.5, 0.6) is 0 Å². The van der Waals surface area contributed by atoms with E-state index in [4.69, 9.17) is 11.6 Å². The first-order valence-electron chi connectivity index (χ1n) is 5.24. The first kappa shape index (κ1) is 13.9. The molecule has 0 fully saturated rings. The van der Waals surface area contributed by atoms with E-state index in [9.17, 15) is 9.18 Å². The summed E-state index contributed by atoms with van der Waals surface area (Å²) in [5.41, 5.74) is 5.05. The number of carbonyl (C=O) groups is 1. The zero-order valence-corrected chi connectivity index (χ0v) is 11.1. The minimum absolute atomic E-state index is 0.273. The molecule has 0 saturated carbocycles. The van der Waals surface area contributed by atoms with Crippen molar-refractivity contribution in [1.82, 2.24) is 10.9 Å². The molecule has 0 radical (unpaired) electrons. The van der Waals surface area contributed by atoms with E-state index < -0.39 is 5.41 Å². The van der Waals surface area contributed by atoms with Crippen LogP contribution in [0.2, 0.25) is 5.02 Å². The van der Waals surface area contributed by atoms with Crippen LogP contribution in [0, 0.1) is 12.7 Å². The monoisotopic (exact) mass is 258 g/mol. The van der Waals surface area contributed by atoms with E-state index in [0.717, 1.165) is 0 Å². The van der Waals surface area contributed by atoms with E-state index in [1.807, 2.05) is 0 Å². The van der Waals surface area contributed by atoms with Crippen LogP contribution >= 0.6 is 11.6 Å². The normalized spacial score (nSPS) is 11.4. The van der Waals surface area contributed by atoms with E-state index in [-0.39, 0.29) is 11.7 Å². The van der Waals surface area contributed by atoms with Gasteiger partial charge in [0.25, 0.3) is 0 Å². The lowest BCUT2D eigenvalue weighted by Crippen LogP contribution is -2.45. The Hall–Kier alpha value is -1.13. The zero-order chi connectivity index (χ0) is 13.2. The van der Waals surface area contributed by atoms with Crippen molar-refractivity contribution in [2.24, 2.45) is 0 Å². The molecule has 0 aliphatic rings. The van der Waals surface area contributed by atoms with Crippen LogP contribution in [-0.4, -0.2) is 13.0 Å². The van der Waals surface area contributed by atoms with Gasteiger partial charge in [-0.2, -0.15) is 0 Å². The smallest absolute Gasteiger partial charge is 0.244 e. The SMILES string of the molecule is CNNC(=O)C(C)(C)c1cc(F)c(C)cc1Cl. The van der Waals surface area contributed by atoms with Crippen molar-refractivity contribution in [3.05, 3.63) is 34.1 Å². The van der Waals surface area contributed by atoms with Crippen molar-refractivity contribution in [2.45, 2.75) is 26.2 Å². The molecule has 0 heterocycles. The van der Waals surface area contributed by atoms with Gasteiger partial charge in [-0.05, 0) is 44.0 Å². The molecule has 0 unspecified atom stereocenters. The van der Waals surface area contributed by atoms with Crippen molar-refractivity contribution < 1.29 is 9.18 Å². The second-order valence-electron chi connectivity index (χ2n) is 4.41. The topological polar surface area (TPSA) is 41.1 Å². The molecule has 5 heteroatoms. The third kappa shape index (κ3) is 2.76. The fraction of sp³-hybridized carbons (Fsp3) is 0.417. The average molecular weight is 259 g/mol. The van der Waals surface area contributed by atoms with Crippen molar-refractivity contribution in [3.8, 4) is 0 Å². The fourth-order valence-electron chi connectivity index (χ4n) is 1.52. The highest BCUT2D eigenvalue weighted by molar-refractivity contribution is 6.31. The summed E-state index contributed by atoms with van der Waals surface area (Å²) in [7, 11) is 1.59. The van der Waals surface area contributed by atoms with Crippen LogP contribution in [-0.2, 0) is 10.2 Å². The standard InChI is InChI=1S/C12H16ClFN2O/c1-7-5-9(13)8(6-10(7)14)12(2,3)11(17)16-15-4/h5-6,15H,1-4H3,(H,16,17). The summed E-state index contributed by atoms with van der Waals surface area (Å²) in [6.07, 6.45) is 0. The third-order valence-corrected chi connectivity index (χ3v) is 3.04. The summed E-state index contributed by atoms with van der Waals surface area (Å²) in [5, 5.41) is 0.389. The number of hydrogen-bond donors (Lipinski definition) is 2. The quantitative estimate of drug-likeness (QED) is 0.817. The van der Waals surface area contributed by atoms with E-state index >= 15 is 0 Å². The molecule has 1 aromatic rings. The number of hydrogen-bond acceptors (Lipinski definition) is 2. The van der Waals surface area contributed by atoms with Gasteiger partial charge >= 0.3 is 0 Å². The molecule has 0 aromatic heterocycles. The van der Waals surface area contributed by atoms with Gasteiger partial charge < -0.3 is 0 Å². The summed E-state index contributed by atoms with van der Waals surface area (Å²) >= 11 is 6.06. The highest BCUT2D eigenvalue weighted by Crippen LogP contribution is 2.31. The van der Waals surface area contributed by atoms with E-state index in [1.54, 1.807) is 27.8 Å². The minimum atomic E-state index is -0.908. The Labute approximate surface area is 105 Å². The number of halogens is 2. The number of carbonyl (C=O) groups excluding carboxylic acids is 1. The van der Waals surface area contributed by atoms with Gasteiger partial charge in [0.1, 0.15) is 5.82 Å². The molecule has 2 N–H and O–H groups in total. The Morgan fingerprint density at radius 3 is 2.53 bits per heavy atom. The second kappa shape index (κ2) is 5.02. The number of hydrazine groups is 1. The Morgan fingerprint density at radius 2 is 2.00 bits per heavy atom. The number of aryl methyl sites for hydroxylation is 1. The Kier molecular flexibility index (Phi) is 4.11. The molecule has 0 saturated heterocycles. The number of nitrogens with one attached hydrogen (secondary N) is 2. The molecule has 17 heavy (non-hydrogen) atoms. The summed E-state index contributed by atoms with van der Waals surface area (Å²) in [6, 6.07) is 2.84. The lowest BCUT2D eigenvalue weighted by molar-refractivity contribution is -0.126. The summed E-state index contributed by atoms with van der Waals surface area (Å²) in [6.45, 7) is 5.01. The Balaban J connectivity index is 3.23. The highest BCUT2D eigenvalue weighted by Gasteiger charge is 2.32. The minimum Gasteiger partial charge on any atom is -0.291 e. The van der Waals surface area contributed by atoms with Gasteiger partial charge in [0.15, 0.2) is 0 Å². The number of benzene rings is 1. The molecule has 1 rings (SSSR count). The lowest BCUT2D eigenvalue weighted by atomic mass is 9.83. The molecule has 1 aromatic carbocycles. The molecule has 0 aliphatic carbocycles. The maximum Gasteiger partial charge on any atom is 0.244 e. The summed E-state index contributed by atoms with van der Waals surface area (Å²) in [5.74, 6) is -0.639. The maximum atomic E-state index is 13.5. The van der Waals surface area contributed by atoms with Crippen LogP contribution in [0.4, 0.5) is 4.39 Å². The van der Waals surface area contributed by atoms with E-state index in [0.29, 0.717) is 16.1 Å². The van der Waals surface area contributed by atoms with Crippen LogP contribution in [0.25, 0.3) is 0 Å². The number of amides is 1. The zero-order valence-electron chi connectivity index (χ0n) is 10.3. The van der Waals surface area contributed by atoms with Crippen LogP contribution in [0.1, 0.15) is 25.0 Å². The molecule has 0 spiro atoms. The van der Waals surface area contributed by atoms with E-state index in [1.165, 1.54) is 12.1 Å². The predicted molar refractivity (Wildman–Crippen MR) is 66.4 cm³/mol. The maximum absolute atomic E-state index is 13.5.